The largest absolute Gasteiger partial charge is 0.294 e. The van der Waals surface area contributed by atoms with Crippen molar-refractivity contribution in [2.24, 2.45) is 7.05 Å². The molecule has 0 fully saturated rings. The molecule has 0 amide bonds. The molecule has 19 heavy (non-hydrogen) atoms. The van der Waals surface area contributed by atoms with Gasteiger partial charge in [0, 0.05) is 30.3 Å². The van der Waals surface area contributed by atoms with E-state index in [2.05, 4.69) is 12.0 Å². The number of nitrogens with zero attached hydrogens (tertiary/aromatic N) is 2. The fourth-order valence-corrected chi connectivity index (χ4v) is 2.26. The monoisotopic (exact) mass is 256 g/mol. The minimum absolute atomic E-state index is 0.154. The molecule has 2 rings (SSSR count). The lowest BCUT2D eigenvalue weighted by molar-refractivity contribution is 0.0992. The van der Waals surface area contributed by atoms with Gasteiger partial charge in [0.2, 0.25) is 0 Å². The van der Waals surface area contributed by atoms with E-state index in [4.69, 9.17) is 0 Å². The molecule has 1 aromatic carbocycles. The average molecular weight is 256 g/mol. The van der Waals surface area contributed by atoms with E-state index in [1.807, 2.05) is 49.8 Å². The Kier molecular flexibility index (Phi) is 3.84. The highest BCUT2D eigenvalue weighted by molar-refractivity contribution is 5.97. The average Bonchev–Trinajstić information content (AvgIpc) is 2.65. The molecule has 0 radical (unpaired) electrons. The van der Waals surface area contributed by atoms with Gasteiger partial charge in [0.1, 0.15) is 0 Å². The number of hydrogen-bond donors (Lipinski definition) is 0. The van der Waals surface area contributed by atoms with Gasteiger partial charge in [-0.1, -0.05) is 31.2 Å². The Morgan fingerprint density at radius 3 is 2.32 bits per heavy atom. The third kappa shape index (κ3) is 2.75. The predicted molar refractivity (Wildman–Crippen MR) is 76.5 cm³/mol. The lowest BCUT2D eigenvalue weighted by atomic mass is 10.0. The molecule has 0 N–H and O–H groups in total. The normalized spacial score (nSPS) is 10.7. The van der Waals surface area contributed by atoms with Crippen molar-refractivity contribution >= 4 is 5.78 Å². The molecule has 0 bridgehead atoms. The molecule has 1 aromatic heterocycles. The maximum absolute atomic E-state index is 12.3. The van der Waals surface area contributed by atoms with E-state index in [-0.39, 0.29) is 5.78 Å². The maximum Gasteiger partial charge on any atom is 0.167 e. The summed E-state index contributed by atoms with van der Waals surface area (Å²) in [6.07, 6.45) is 1.42. The lowest BCUT2D eigenvalue weighted by Crippen LogP contribution is -2.05. The highest BCUT2D eigenvalue weighted by atomic mass is 16.1. The van der Waals surface area contributed by atoms with Crippen LogP contribution in [0.4, 0.5) is 0 Å². The Morgan fingerprint density at radius 2 is 1.84 bits per heavy atom. The molecule has 0 aliphatic rings. The third-order valence-corrected chi connectivity index (χ3v) is 3.68. The summed E-state index contributed by atoms with van der Waals surface area (Å²) in [7, 11) is 1.91. The lowest BCUT2D eigenvalue weighted by Gasteiger charge is -2.03. The smallest absolute Gasteiger partial charge is 0.167 e. The van der Waals surface area contributed by atoms with E-state index >= 15 is 0 Å². The topological polar surface area (TPSA) is 34.9 Å². The van der Waals surface area contributed by atoms with Gasteiger partial charge in [0.25, 0.3) is 0 Å². The highest BCUT2D eigenvalue weighted by Gasteiger charge is 2.14. The molecule has 3 heteroatoms. The number of aryl methyl sites for hydroxylation is 3. The Labute approximate surface area is 114 Å². The molecule has 0 saturated carbocycles. The van der Waals surface area contributed by atoms with Crippen LogP contribution in [0.2, 0.25) is 0 Å². The van der Waals surface area contributed by atoms with Crippen LogP contribution in [0.25, 0.3) is 0 Å². The van der Waals surface area contributed by atoms with Gasteiger partial charge in [-0.05, 0) is 25.8 Å². The quantitative estimate of drug-likeness (QED) is 0.788. The molecule has 3 nitrogen and oxygen atoms in total. The summed E-state index contributed by atoms with van der Waals surface area (Å²) in [5.74, 6) is 0.154. The van der Waals surface area contributed by atoms with Crippen molar-refractivity contribution in [3.05, 3.63) is 52.3 Å². The first-order chi connectivity index (χ1) is 9.02. The second-order valence-electron chi connectivity index (χ2n) is 4.92. The molecule has 0 spiro atoms. The highest BCUT2D eigenvalue weighted by Crippen LogP contribution is 2.15. The summed E-state index contributed by atoms with van der Waals surface area (Å²) in [5, 5.41) is 4.35. The van der Waals surface area contributed by atoms with Crippen molar-refractivity contribution in [1.82, 2.24) is 9.78 Å². The fourth-order valence-electron chi connectivity index (χ4n) is 2.26. The fraction of sp³-hybridized carbons (Fsp3) is 0.375. The SMILES string of the molecule is CCc1ccc(C(=O)Cc2c(C)nn(C)c2C)cc1. The number of Topliss-reactive ketones (excluding diaryl/α,β-unsaturated/α-hetero) is 1. The van der Waals surface area contributed by atoms with Gasteiger partial charge < -0.3 is 0 Å². The third-order valence-electron chi connectivity index (χ3n) is 3.68. The number of carbonyl (C=O) groups is 1. The Morgan fingerprint density at radius 1 is 1.21 bits per heavy atom. The second kappa shape index (κ2) is 5.39. The van der Waals surface area contributed by atoms with E-state index in [1.165, 1.54) is 5.56 Å². The molecular formula is C16H20N2O. The molecule has 2 aromatic rings. The standard InChI is InChI=1S/C16H20N2O/c1-5-13-6-8-14(9-7-13)16(19)10-15-11(2)17-18(4)12(15)3/h6-9H,5,10H2,1-4H3. The van der Waals surface area contributed by atoms with Crippen LogP contribution in [-0.4, -0.2) is 15.6 Å². The Hall–Kier alpha value is -1.90. The number of hydrogen-bond acceptors (Lipinski definition) is 2. The zero-order valence-electron chi connectivity index (χ0n) is 12.0. The summed E-state index contributed by atoms with van der Waals surface area (Å²) in [6.45, 7) is 6.07. The molecule has 0 unspecified atom stereocenters. The Bertz CT molecular complexity index is 594. The summed E-state index contributed by atoms with van der Waals surface area (Å²) >= 11 is 0. The summed E-state index contributed by atoms with van der Waals surface area (Å²) < 4.78 is 1.83. The minimum Gasteiger partial charge on any atom is -0.294 e. The number of rotatable bonds is 4. The van der Waals surface area contributed by atoms with Crippen LogP contribution in [0, 0.1) is 13.8 Å². The van der Waals surface area contributed by atoms with Gasteiger partial charge in [-0.3, -0.25) is 9.48 Å². The van der Waals surface area contributed by atoms with Gasteiger partial charge in [-0.15, -0.1) is 0 Å². The molecule has 0 atom stereocenters. The van der Waals surface area contributed by atoms with Gasteiger partial charge in [-0.2, -0.15) is 5.10 Å². The van der Waals surface area contributed by atoms with E-state index < -0.39 is 0 Å². The van der Waals surface area contributed by atoms with Crippen molar-refractivity contribution in [1.29, 1.82) is 0 Å². The van der Waals surface area contributed by atoms with E-state index in [1.54, 1.807) is 0 Å². The predicted octanol–water partition coefficient (Wildman–Crippen LogP) is 3.02. The zero-order chi connectivity index (χ0) is 14.0. The Balaban J connectivity index is 2.20. The van der Waals surface area contributed by atoms with E-state index in [0.29, 0.717) is 6.42 Å². The first kappa shape index (κ1) is 13.5. The number of benzene rings is 1. The summed E-state index contributed by atoms with van der Waals surface area (Å²) in [5.41, 5.74) is 5.09. The van der Waals surface area contributed by atoms with Gasteiger partial charge >= 0.3 is 0 Å². The number of ketones is 1. The first-order valence-electron chi connectivity index (χ1n) is 6.64. The molecule has 0 aliphatic heterocycles. The van der Waals surface area contributed by atoms with Crippen LogP contribution in [0.5, 0.6) is 0 Å². The van der Waals surface area contributed by atoms with Crippen molar-refractivity contribution in [3.63, 3.8) is 0 Å². The van der Waals surface area contributed by atoms with Crippen LogP contribution < -0.4 is 0 Å². The van der Waals surface area contributed by atoms with Crippen molar-refractivity contribution in [3.8, 4) is 0 Å². The second-order valence-corrected chi connectivity index (χ2v) is 4.92. The van der Waals surface area contributed by atoms with Crippen LogP contribution in [0.3, 0.4) is 0 Å². The molecule has 0 aliphatic carbocycles. The van der Waals surface area contributed by atoms with Crippen LogP contribution in [0.15, 0.2) is 24.3 Å². The maximum atomic E-state index is 12.3. The van der Waals surface area contributed by atoms with Crippen LogP contribution >= 0.6 is 0 Å². The summed E-state index contributed by atoms with van der Waals surface area (Å²) in [6, 6.07) is 7.89. The molecule has 100 valence electrons. The molecule has 0 saturated heterocycles. The number of aromatic nitrogens is 2. The van der Waals surface area contributed by atoms with Crippen LogP contribution in [0.1, 0.15) is 39.8 Å². The van der Waals surface area contributed by atoms with E-state index in [9.17, 15) is 4.79 Å². The van der Waals surface area contributed by atoms with Gasteiger partial charge in [0.05, 0.1) is 5.69 Å². The minimum atomic E-state index is 0.154. The van der Waals surface area contributed by atoms with Gasteiger partial charge in [0.15, 0.2) is 5.78 Å². The van der Waals surface area contributed by atoms with E-state index in [0.717, 1.165) is 28.9 Å². The molecule has 1 heterocycles. The van der Waals surface area contributed by atoms with Crippen LogP contribution in [-0.2, 0) is 19.9 Å². The van der Waals surface area contributed by atoms with Crippen molar-refractivity contribution in [2.75, 3.05) is 0 Å². The first-order valence-corrected chi connectivity index (χ1v) is 6.64. The molecular weight excluding hydrogens is 236 g/mol. The summed E-state index contributed by atoms with van der Waals surface area (Å²) in [4.78, 5) is 12.3. The number of carbonyl (C=O) groups excluding carboxylic acids is 1. The van der Waals surface area contributed by atoms with Crippen molar-refractivity contribution in [2.45, 2.75) is 33.6 Å². The van der Waals surface area contributed by atoms with Crippen molar-refractivity contribution < 1.29 is 4.79 Å². The zero-order valence-corrected chi connectivity index (χ0v) is 12.0. The van der Waals surface area contributed by atoms with Gasteiger partial charge in [-0.25, -0.2) is 0 Å².